The number of sulfonamides is 1. The van der Waals surface area contributed by atoms with Crippen molar-refractivity contribution in [2.75, 3.05) is 23.7 Å². The van der Waals surface area contributed by atoms with E-state index in [-0.39, 0.29) is 22.2 Å². The van der Waals surface area contributed by atoms with Crippen molar-refractivity contribution in [3.05, 3.63) is 95.8 Å². The number of para-hydroxylation sites is 1. The fourth-order valence-corrected chi connectivity index (χ4v) is 5.03. The summed E-state index contributed by atoms with van der Waals surface area (Å²) >= 11 is 1.51. The summed E-state index contributed by atoms with van der Waals surface area (Å²) in [6.45, 7) is 0.376. The predicted molar refractivity (Wildman–Crippen MR) is 123 cm³/mol. The van der Waals surface area contributed by atoms with Crippen molar-refractivity contribution in [3.8, 4) is 0 Å². The molecule has 1 amide bonds. The number of rotatable bonds is 9. The minimum atomic E-state index is -3.80. The van der Waals surface area contributed by atoms with Gasteiger partial charge in [0.05, 0.1) is 16.1 Å². The Bertz CT molecular complexity index is 1140. The summed E-state index contributed by atoms with van der Waals surface area (Å²) in [6, 6.07) is 21.2. The van der Waals surface area contributed by atoms with Crippen molar-refractivity contribution in [1.29, 1.82) is 0 Å². The highest BCUT2D eigenvalue weighted by Gasteiger charge is 2.24. The van der Waals surface area contributed by atoms with Gasteiger partial charge >= 0.3 is 0 Å². The Kier molecular flexibility index (Phi) is 7.70. The van der Waals surface area contributed by atoms with Crippen LogP contribution in [0.5, 0.6) is 0 Å². The molecule has 0 fully saturated rings. The molecule has 0 spiro atoms. The smallest absolute Gasteiger partial charge is 0.264 e. The van der Waals surface area contributed by atoms with E-state index in [1.165, 1.54) is 37.0 Å². The first-order chi connectivity index (χ1) is 14.9. The number of hydrogen-bond acceptors (Lipinski definition) is 4. The van der Waals surface area contributed by atoms with Crippen LogP contribution in [-0.2, 0) is 15.8 Å². The van der Waals surface area contributed by atoms with Crippen LogP contribution in [0.4, 0.5) is 10.1 Å². The molecule has 0 unspecified atom stereocenters. The average Bonchev–Trinajstić information content (AvgIpc) is 2.80. The van der Waals surface area contributed by atoms with Crippen LogP contribution in [0.3, 0.4) is 0 Å². The van der Waals surface area contributed by atoms with Gasteiger partial charge in [0, 0.05) is 25.1 Å². The van der Waals surface area contributed by atoms with E-state index in [1.807, 2.05) is 0 Å². The number of hydrogen-bond donors (Lipinski definition) is 1. The normalized spacial score (nSPS) is 11.2. The molecule has 3 rings (SSSR count). The van der Waals surface area contributed by atoms with Crippen LogP contribution in [0.15, 0.2) is 83.8 Å². The highest BCUT2D eigenvalue weighted by atomic mass is 32.2. The van der Waals surface area contributed by atoms with E-state index in [0.29, 0.717) is 29.3 Å². The first-order valence-corrected chi connectivity index (χ1v) is 12.2. The molecular weight excluding hydrogens is 435 g/mol. The van der Waals surface area contributed by atoms with Crippen LogP contribution in [0.25, 0.3) is 0 Å². The number of carbonyl (C=O) groups excluding carboxylic acids is 1. The van der Waals surface area contributed by atoms with Gasteiger partial charge in [-0.3, -0.25) is 9.10 Å². The lowest BCUT2D eigenvalue weighted by Gasteiger charge is -2.22. The predicted octanol–water partition coefficient (Wildman–Crippen LogP) is 4.31. The second-order valence-corrected chi connectivity index (χ2v) is 9.78. The van der Waals surface area contributed by atoms with Crippen LogP contribution in [0.2, 0.25) is 0 Å². The maximum atomic E-state index is 13.7. The second-order valence-electron chi connectivity index (χ2n) is 6.70. The SMILES string of the molecule is CN(c1ccccc1C(=O)NCCSCc1ccccc1F)S(=O)(=O)c1ccccc1. The summed E-state index contributed by atoms with van der Waals surface area (Å²) in [7, 11) is -2.37. The van der Waals surface area contributed by atoms with Crippen molar-refractivity contribution < 1.29 is 17.6 Å². The number of amides is 1. The number of nitrogens with zero attached hydrogens (tertiary/aromatic N) is 1. The lowest BCUT2D eigenvalue weighted by molar-refractivity contribution is 0.0957. The molecule has 8 heteroatoms. The van der Waals surface area contributed by atoms with Crippen LogP contribution in [0.1, 0.15) is 15.9 Å². The number of halogens is 1. The molecule has 0 atom stereocenters. The first-order valence-electron chi connectivity index (χ1n) is 9.63. The van der Waals surface area contributed by atoms with Gasteiger partial charge in [0.25, 0.3) is 15.9 Å². The highest BCUT2D eigenvalue weighted by molar-refractivity contribution is 7.98. The van der Waals surface area contributed by atoms with E-state index in [9.17, 15) is 17.6 Å². The Morgan fingerprint density at radius 3 is 2.35 bits per heavy atom. The second kappa shape index (κ2) is 10.5. The Morgan fingerprint density at radius 1 is 0.968 bits per heavy atom. The van der Waals surface area contributed by atoms with Crippen molar-refractivity contribution in [2.24, 2.45) is 0 Å². The number of benzene rings is 3. The van der Waals surface area contributed by atoms with Crippen molar-refractivity contribution in [3.63, 3.8) is 0 Å². The van der Waals surface area contributed by atoms with Gasteiger partial charge in [-0.1, -0.05) is 48.5 Å². The number of carbonyl (C=O) groups is 1. The molecule has 0 saturated carbocycles. The maximum Gasteiger partial charge on any atom is 0.264 e. The zero-order valence-corrected chi connectivity index (χ0v) is 18.6. The Morgan fingerprint density at radius 2 is 1.61 bits per heavy atom. The molecule has 162 valence electrons. The maximum absolute atomic E-state index is 13.7. The molecule has 0 aliphatic rings. The summed E-state index contributed by atoms with van der Waals surface area (Å²) in [4.78, 5) is 12.9. The van der Waals surface area contributed by atoms with Crippen molar-refractivity contribution >= 4 is 33.4 Å². The molecular formula is C23H23FN2O3S2. The summed E-state index contributed by atoms with van der Waals surface area (Å²) < 4.78 is 40.6. The molecule has 0 heterocycles. The molecule has 3 aromatic carbocycles. The van der Waals surface area contributed by atoms with E-state index >= 15 is 0 Å². The molecule has 3 aromatic rings. The molecule has 0 bridgehead atoms. The Labute approximate surface area is 186 Å². The Hall–Kier alpha value is -2.84. The molecule has 0 aliphatic heterocycles. The lowest BCUT2D eigenvalue weighted by Crippen LogP contribution is -2.31. The topological polar surface area (TPSA) is 66.5 Å². The lowest BCUT2D eigenvalue weighted by atomic mass is 10.1. The third-order valence-corrected chi connectivity index (χ3v) is 7.43. The molecule has 0 saturated heterocycles. The summed E-state index contributed by atoms with van der Waals surface area (Å²) in [6.07, 6.45) is 0. The fourth-order valence-electron chi connectivity index (χ4n) is 2.95. The summed E-state index contributed by atoms with van der Waals surface area (Å²) in [5.41, 5.74) is 1.18. The molecule has 0 aromatic heterocycles. The van der Waals surface area contributed by atoms with Gasteiger partial charge in [-0.15, -0.1) is 0 Å². The Balaban J connectivity index is 1.63. The van der Waals surface area contributed by atoms with E-state index < -0.39 is 10.0 Å². The zero-order chi connectivity index (χ0) is 22.3. The first kappa shape index (κ1) is 22.8. The van der Waals surface area contributed by atoms with E-state index in [0.717, 1.165) is 4.31 Å². The number of thioether (sulfide) groups is 1. The van der Waals surface area contributed by atoms with Crippen LogP contribution >= 0.6 is 11.8 Å². The third kappa shape index (κ3) is 5.65. The van der Waals surface area contributed by atoms with E-state index in [1.54, 1.807) is 60.7 Å². The standard InChI is InChI=1S/C23H23FN2O3S2/c1-26(31(28,29)19-10-3-2-4-11-19)22-14-8-6-12-20(22)23(27)25-15-16-30-17-18-9-5-7-13-21(18)24/h2-14H,15-17H2,1H3,(H,25,27). The largest absolute Gasteiger partial charge is 0.351 e. The quantitative estimate of drug-likeness (QED) is 0.485. The number of anilines is 1. The van der Waals surface area contributed by atoms with Crippen LogP contribution < -0.4 is 9.62 Å². The van der Waals surface area contributed by atoms with Gasteiger partial charge in [0.1, 0.15) is 5.82 Å². The molecule has 1 N–H and O–H groups in total. The molecule has 0 aliphatic carbocycles. The van der Waals surface area contributed by atoms with E-state index in [2.05, 4.69) is 5.32 Å². The molecule has 5 nitrogen and oxygen atoms in total. The van der Waals surface area contributed by atoms with Gasteiger partial charge in [-0.05, 0) is 35.9 Å². The third-order valence-electron chi connectivity index (χ3n) is 4.64. The van der Waals surface area contributed by atoms with Gasteiger partial charge in [-0.25, -0.2) is 12.8 Å². The average molecular weight is 459 g/mol. The van der Waals surface area contributed by atoms with Gasteiger partial charge in [-0.2, -0.15) is 11.8 Å². The zero-order valence-electron chi connectivity index (χ0n) is 17.0. The highest BCUT2D eigenvalue weighted by Crippen LogP contribution is 2.25. The van der Waals surface area contributed by atoms with Gasteiger partial charge in [0.2, 0.25) is 0 Å². The fraction of sp³-hybridized carbons (Fsp3) is 0.174. The van der Waals surface area contributed by atoms with E-state index in [4.69, 9.17) is 0 Å². The van der Waals surface area contributed by atoms with Crippen molar-refractivity contribution in [2.45, 2.75) is 10.6 Å². The van der Waals surface area contributed by atoms with Gasteiger partial charge < -0.3 is 5.32 Å². The minimum absolute atomic E-state index is 0.150. The summed E-state index contributed by atoms with van der Waals surface area (Å²) in [5.74, 6) is 0.505. The minimum Gasteiger partial charge on any atom is -0.351 e. The van der Waals surface area contributed by atoms with Crippen LogP contribution in [-0.4, -0.2) is 33.7 Å². The van der Waals surface area contributed by atoms with Crippen molar-refractivity contribution in [1.82, 2.24) is 5.32 Å². The van der Waals surface area contributed by atoms with Crippen LogP contribution in [0, 0.1) is 5.82 Å². The molecule has 0 radical (unpaired) electrons. The molecule has 31 heavy (non-hydrogen) atoms. The van der Waals surface area contributed by atoms with Gasteiger partial charge in [0.15, 0.2) is 0 Å². The number of nitrogens with one attached hydrogen (secondary N) is 1. The monoisotopic (exact) mass is 458 g/mol. The summed E-state index contributed by atoms with van der Waals surface area (Å²) in [5, 5.41) is 2.81.